The lowest BCUT2D eigenvalue weighted by Gasteiger charge is -2.04. The van der Waals surface area contributed by atoms with Gasteiger partial charge in [-0.2, -0.15) is 5.10 Å². The number of hydrogen-bond acceptors (Lipinski definition) is 2. The molecule has 3 rings (SSSR count). The molecule has 20 heavy (non-hydrogen) atoms. The molecule has 2 aromatic rings. The molecule has 0 aliphatic heterocycles. The third kappa shape index (κ3) is 2.82. The van der Waals surface area contributed by atoms with Crippen LogP contribution in [0.15, 0.2) is 41.0 Å². The number of carboxylic acids is 1. The smallest absolute Gasteiger partial charge is 0.328 e. The Labute approximate surface area is 124 Å². The molecule has 1 heterocycles. The normalized spacial score (nSPS) is 14.8. The van der Waals surface area contributed by atoms with E-state index in [1.807, 2.05) is 29.1 Å². The highest BCUT2D eigenvalue weighted by Crippen LogP contribution is 2.39. The topological polar surface area (TPSA) is 55.1 Å². The number of carbonyl (C=O) groups is 1. The molecule has 0 unspecified atom stereocenters. The first-order valence-electron chi connectivity index (χ1n) is 6.40. The van der Waals surface area contributed by atoms with Crippen LogP contribution in [0.1, 0.15) is 30.0 Å². The summed E-state index contributed by atoms with van der Waals surface area (Å²) < 4.78 is 2.69. The summed E-state index contributed by atoms with van der Waals surface area (Å²) in [5, 5.41) is 13.2. The van der Waals surface area contributed by atoms with E-state index in [2.05, 4.69) is 27.1 Å². The van der Waals surface area contributed by atoms with Gasteiger partial charge < -0.3 is 5.11 Å². The van der Waals surface area contributed by atoms with Gasteiger partial charge in [0.05, 0.1) is 11.4 Å². The zero-order valence-electron chi connectivity index (χ0n) is 10.7. The van der Waals surface area contributed by atoms with E-state index in [1.165, 1.54) is 12.8 Å². The van der Waals surface area contributed by atoms with Crippen LogP contribution in [0.3, 0.4) is 0 Å². The Hall–Kier alpha value is -1.88. The molecule has 4 nitrogen and oxygen atoms in total. The second-order valence-corrected chi connectivity index (χ2v) is 5.69. The van der Waals surface area contributed by atoms with Crippen molar-refractivity contribution in [3.05, 3.63) is 52.3 Å². The zero-order valence-corrected chi connectivity index (χ0v) is 12.2. The molecule has 1 aromatic carbocycles. The summed E-state index contributed by atoms with van der Waals surface area (Å²) in [5.74, 6) is -0.320. The van der Waals surface area contributed by atoms with Crippen molar-refractivity contribution in [1.29, 1.82) is 0 Å². The lowest BCUT2D eigenvalue weighted by molar-refractivity contribution is -0.131. The van der Waals surface area contributed by atoms with Gasteiger partial charge in [0, 0.05) is 22.7 Å². The number of aliphatic carboxylic acids is 1. The summed E-state index contributed by atoms with van der Waals surface area (Å²) in [6, 6.07) is 7.79. The molecular weight excluding hydrogens is 320 g/mol. The van der Waals surface area contributed by atoms with Crippen LogP contribution < -0.4 is 0 Å². The van der Waals surface area contributed by atoms with Gasteiger partial charge in [0.2, 0.25) is 0 Å². The minimum atomic E-state index is -0.956. The first-order valence-corrected chi connectivity index (χ1v) is 7.19. The summed E-state index contributed by atoms with van der Waals surface area (Å²) in [5.41, 5.74) is 2.93. The maximum Gasteiger partial charge on any atom is 0.328 e. The lowest BCUT2D eigenvalue weighted by atomic mass is 10.2. The molecule has 0 bridgehead atoms. The lowest BCUT2D eigenvalue weighted by Crippen LogP contribution is -1.96. The number of carboxylic acid groups (broad SMARTS) is 1. The molecule has 1 fully saturated rings. The van der Waals surface area contributed by atoms with Crippen LogP contribution in [0.5, 0.6) is 0 Å². The quantitative estimate of drug-likeness (QED) is 0.870. The fourth-order valence-corrected chi connectivity index (χ4v) is 2.53. The van der Waals surface area contributed by atoms with Gasteiger partial charge in [0.1, 0.15) is 0 Å². The van der Waals surface area contributed by atoms with Crippen LogP contribution in [-0.2, 0) is 4.79 Å². The van der Waals surface area contributed by atoms with Crippen LogP contribution in [0.4, 0.5) is 0 Å². The molecule has 1 aliphatic rings. The maximum atomic E-state index is 10.5. The van der Waals surface area contributed by atoms with Gasteiger partial charge in [-0.15, -0.1) is 0 Å². The van der Waals surface area contributed by atoms with E-state index in [0.717, 1.165) is 27.5 Å². The average molecular weight is 333 g/mol. The third-order valence-electron chi connectivity index (χ3n) is 3.26. The van der Waals surface area contributed by atoms with Crippen molar-refractivity contribution >= 4 is 28.0 Å². The molecule has 0 spiro atoms. The van der Waals surface area contributed by atoms with Crippen molar-refractivity contribution in [2.24, 2.45) is 0 Å². The van der Waals surface area contributed by atoms with Crippen LogP contribution in [0.25, 0.3) is 11.8 Å². The Morgan fingerprint density at radius 1 is 1.40 bits per heavy atom. The van der Waals surface area contributed by atoms with Crippen LogP contribution in [0, 0.1) is 0 Å². The van der Waals surface area contributed by atoms with Gasteiger partial charge in [-0.3, -0.25) is 0 Å². The van der Waals surface area contributed by atoms with Gasteiger partial charge >= 0.3 is 5.97 Å². The molecule has 0 saturated heterocycles. The fraction of sp³-hybridized carbons (Fsp3) is 0.200. The average Bonchev–Trinajstić information content (AvgIpc) is 3.15. The second kappa shape index (κ2) is 5.25. The summed E-state index contributed by atoms with van der Waals surface area (Å²) in [6.07, 6.45) is 7.12. The maximum absolute atomic E-state index is 10.5. The van der Waals surface area contributed by atoms with Crippen LogP contribution in [0.2, 0.25) is 0 Å². The Balaban J connectivity index is 1.86. The largest absolute Gasteiger partial charge is 0.478 e. The summed E-state index contributed by atoms with van der Waals surface area (Å²) in [7, 11) is 0. The molecule has 5 heteroatoms. The van der Waals surface area contributed by atoms with E-state index in [1.54, 1.807) is 6.08 Å². The molecule has 1 saturated carbocycles. The number of nitrogens with zero attached hydrogens (tertiary/aromatic N) is 2. The predicted octanol–water partition coefficient (Wildman–Crippen LogP) is 3.61. The Kier molecular flexibility index (Phi) is 3.44. The number of rotatable bonds is 4. The summed E-state index contributed by atoms with van der Waals surface area (Å²) >= 11 is 3.46. The number of hydrogen-bond donors (Lipinski definition) is 1. The van der Waals surface area contributed by atoms with Gasteiger partial charge in [-0.25, -0.2) is 9.48 Å². The highest BCUT2D eigenvalue weighted by molar-refractivity contribution is 9.10. The van der Waals surface area contributed by atoms with Gasteiger partial charge in [-0.05, 0) is 42.7 Å². The predicted molar refractivity (Wildman–Crippen MR) is 79.9 cm³/mol. The van der Waals surface area contributed by atoms with Crippen molar-refractivity contribution in [3.8, 4) is 5.69 Å². The Morgan fingerprint density at radius 2 is 2.20 bits per heavy atom. The summed E-state index contributed by atoms with van der Waals surface area (Å²) in [6.45, 7) is 0. The van der Waals surface area contributed by atoms with E-state index in [-0.39, 0.29) is 0 Å². The molecule has 0 atom stereocenters. The van der Waals surface area contributed by atoms with Crippen molar-refractivity contribution in [2.45, 2.75) is 18.8 Å². The van der Waals surface area contributed by atoms with E-state index in [9.17, 15) is 4.79 Å². The van der Waals surface area contributed by atoms with Crippen molar-refractivity contribution in [3.63, 3.8) is 0 Å². The molecular formula is C15H13BrN2O2. The molecule has 1 aromatic heterocycles. The monoisotopic (exact) mass is 332 g/mol. The van der Waals surface area contributed by atoms with Gasteiger partial charge in [0.25, 0.3) is 0 Å². The van der Waals surface area contributed by atoms with Gasteiger partial charge in [-0.1, -0.05) is 22.0 Å². The molecule has 102 valence electrons. The highest BCUT2D eigenvalue weighted by atomic mass is 79.9. The van der Waals surface area contributed by atoms with Gasteiger partial charge in [0.15, 0.2) is 0 Å². The molecule has 1 aliphatic carbocycles. The Morgan fingerprint density at radius 3 is 2.85 bits per heavy atom. The van der Waals surface area contributed by atoms with Crippen molar-refractivity contribution in [2.75, 3.05) is 0 Å². The number of halogens is 1. The van der Waals surface area contributed by atoms with Crippen LogP contribution in [-0.4, -0.2) is 20.9 Å². The number of aromatic nitrogens is 2. The minimum Gasteiger partial charge on any atom is -0.478 e. The van der Waals surface area contributed by atoms with Crippen molar-refractivity contribution in [1.82, 2.24) is 9.78 Å². The molecule has 1 N–H and O–H groups in total. The fourth-order valence-electron chi connectivity index (χ4n) is 2.03. The first-order chi connectivity index (χ1) is 9.63. The van der Waals surface area contributed by atoms with E-state index < -0.39 is 5.97 Å². The van der Waals surface area contributed by atoms with E-state index in [4.69, 9.17) is 5.11 Å². The SMILES string of the molecule is O=C(O)/C=C/c1ccc(-n2ccc(C3CC3)n2)cc1Br. The Bertz CT molecular complexity index is 687. The third-order valence-corrected chi connectivity index (χ3v) is 3.95. The second-order valence-electron chi connectivity index (χ2n) is 4.84. The zero-order chi connectivity index (χ0) is 14.1. The first kappa shape index (κ1) is 13.1. The minimum absolute atomic E-state index is 0.637. The highest BCUT2D eigenvalue weighted by Gasteiger charge is 2.25. The van der Waals surface area contributed by atoms with Crippen molar-refractivity contribution < 1.29 is 9.90 Å². The number of benzene rings is 1. The van der Waals surface area contributed by atoms with E-state index >= 15 is 0 Å². The van der Waals surface area contributed by atoms with Crippen LogP contribution >= 0.6 is 15.9 Å². The standard InChI is InChI=1S/C15H13BrN2O2/c16-13-9-12(5-3-10(13)4-6-15(19)20)18-8-7-14(17-18)11-1-2-11/h3-9,11H,1-2H2,(H,19,20)/b6-4+. The van der Waals surface area contributed by atoms with E-state index in [0.29, 0.717) is 5.92 Å². The summed E-state index contributed by atoms with van der Waals surface area (Å²) in [4.78, 5) is 10.5. The molecule has 0 amide bonds. The molecule has 0 radical (unpaired) electrons.